The van der Waals surface area contributed by atoms with E-state index in [4.69, 9.17) is 5.11 Å². The first-order valence-corrected chi connectivity index (χ1v) is 6.36. The number of para-hydroxylation sites is 1. The molecular weight excluding hydrogens is 248 g/mol. The zero-order valence-corrected chi connectivity index (χ0v) is 10.4. The number of carboxylic acids is 1. The van der Waals surface area contributed by atoms with Crippen LogP contribution < -0.4 is 0 Å². The third-order valence-corrected chi connectivity index (χ3v) is 3.72. The van der Waals surface area contributed by atoms with Crippen LogP contribution >= 0.6 is 11.3 Å². The van der Waals surface area contributed by atoms with Crippen molar-refractivity contribution in [1.82, 2.24) is 9.97 Å². The molecule has 3 rings (SSSR count). The van der Waals surface area contributed by atoms with Gasteiger partial charge in [0.25, 0.3) is 0 Å². The van der Waals surface area contributed by atoms with E-state index in [0.29, 0.717) is 5.52 Å². The van der Waals surface area contributed by atoms with Crippen LogP contribution in [-0.4, -0.2) is 21.0 Å². The minimum Gasteiger partial charge on any atom is -0.478 e. The van der Waals surface area contributed by atoms with Gasteiger partial charge >= 0.3 is 5.97 Å². The summed E-state index contributed by atoms with van der Waals surface area (Å²) in [5, 5.41) is 13.2. The van der Waals surface area contributed by atoms with E-state index in [0.717, 1.165) is 22.5 Å². The van der Waals surface area contributed by atoms with E-state index < -0.39 is 5.97 Å². The molecule has 0 atom stereocenters. The van der Waals surface area contributed by atoms with Crippen LogP contribution in [0.5, 0.6) is 0 Å². The lowest BCUT2D eigenvalue weighted by Gasteiger charge is -1.93. The highest BCUT2D eigenvalue weighted by Gasteiger charge is 2.14. The molecule has 2 aromatic heterocycles. The lowest BCUT2D eigenvalue weighted by Crippen LogP contribution is -1.96. The quantitative estimate of drug-likeness (QED) is 0.741. The largest absolute Gasteiger partial charge is 0.478 e. The van der Waals surface area contributed by atoms with Gasteiger partial charge in [0.05, 0.1) is 11.1 Å². The molecule has 0 unspecified atom stereocenters. The van der Waals surface area contributed by atoms with E-state index >= 15 is 0 Å². The van der Waals surface area contributed by atoms with Gasteiger partial charge < -0.3 is 10.1 Å². The number of nitrogens with zero attached hydrogens (tertiary/aromatic N) is 1. The third-order valence-electron chi connectivity index (χ3n) is 2.85. The number of aryl methyl sites for hydroxylation is 1. The van der Waals surface area contributed by atoms with Gasteiger partial charge in [0.2, 0.25) is 0 Å². The van der Waals surface area contributed by atoms with Gasteiger partial charge in [0.15, 0.2) is 0 Å². The topological polar surface area (TPSA) is 66.0 Å². The highest BCUT2D eigenvalue weighted by molar-refractivity contribution is 7.08. The second-order valence-corrected chi connectivity index (χ2v) is 4.80. The van der Waals surface area contributed by atoms with Gasteiger partial charge in [-0.1, -0.05) is 6.07 Å². The number of imidazole rings is 1. The Morgan fingerprint density at radius 3 is 2.89 bits per heavy atom. The lowest BCUT2D eigenvalue weighted by molar-refractivity contribution is 0.0699. The molecule has 2 N–H and O–H groups in total. The molecule has 4 nitrogen and oxygen atoms in total. The number of benzene rings is 1. The number of hydrogen-bond acceptors (Lipinski definition) is 3. The maximum Gasteiger partial charge on any atom is 0.337 e. The summed E-state index contributed by atoms with van der Waals surface area (Å²) in [4.78, 5) is 18.7. The first kappa shape index (κ1) is 11.0. The standard InChI is InChI=1S/C13H10N2O2S/c1-7-5-18-6-9(7)12-14-10-4-2-3-8(13(16)17)11(10)15-12/h2-6H,1H3,(H,14,15)(H,16,17). The highest BCUT2D eigenvalue weighted by Crippen LogP contribution is 2.27. The Bertz CT molecular complexity index is 742. The molecule has 18 heavy (non-hydrogen) atoms. The molecule has 5 heteroatoms. The molecule has 0 aliphatic heterocycles. The van der Waals surface area contributed by atoms with Crippen molar-refractivity contribution in [2.45, 2.75) is 6.92 Å². The van der Waals surface area contributed by atoms with Crippen LogP contribution in [0.1, 0.15) is 15.9 Å². The van der Waals surface area contributed by atoms with E-state index in [9.17, 15) is 4.79 Å². The zero-order chi connectivity index (χ0) is 12.7. The number of thiophene rings is 1. The summed E-state index contributed by atoms with van der Waals surface area (Å²) < 4.78 is 0. The minimum atomic E-state index is -0.958. The molecular formula is C13H10N2O2S. The van der Waals surface area contributed by atoms with Crippen LogP contribution in [0.25, 0.3) is 22.4 Å². The number of aromatic nitrogens is 2. The van der Waals surface area contributed by atoms with Gasteiger partial charge in [-0.05, 0) is 30.0 Å². The fourth-order valence-corrected chi connectivity index (χ4v) is 2.77. The number of rotatable bonds is 2. The summed E-state index contributed by atoms with van der Waals surface area (Å²) in [6.45, 7) is 2.01. The second kappa shape index (κ2) is 3.96. The van der Waals surface area contributed by atoms with Crippen molar-refractivity contribution in [2.24, 2.45) is 0 Å². The Labute approximate surface area is 107 Å². The molecule has 0 saturated carbocycles. The van der Waals surface area contributed by atoms with E-state index in [1.807, 2.05) is 23.8 Å². The molecule has 0 aliphatic carbocycles. The predicted molar refractivity (Wildman–Crippen MR) is 71.1 cm³/mol. The van der Waals surface area contributed by atoms with E-state index in [-0.39, 0.29) is 5.56 Å². The van der Waals surface area contributed by atoms with Crippen LogP contribution in [0.15, 0.2) is 29.0 Å². The monoisotopic (exact) mass is 258 g/mol. The van der Waals surface area contributed by atoms with Gasteiger partial charge in [0, 0.05) is 10.9 Å². The maximum atomic E-state index is 11.1. The Balaban J connectivity index is 2.26. The Kier molecular flexibility index (Phi) is 2.41. The molecule has 0 spiro atoms. The summed E-state index contributed by atoms with van der Waals surface area (Å²) >= 11 is 1.61. The molecule has 0 fully saturated rings. The molecule has 0 aliphatic rings. The summed E-state index contributed by atoms with van der Waals surface area (Å²) in [6, 6.07) is 5.12. The van der Waals surface area contributed by atoms with Crippen LogP contribution in [0.3, 0.4) is 0 Å². The first-order chi connectivity index (χ1) is 8.66. The van der Waals surface area contributed by atoms with Crippen LogP contribution in [0, 0.1) is 6.92 Å². The first-order valence-electron chi connectivity index (χ1n) is 5.42. The number of aromatic amines is 1. The SMILES string of the molecule is Cc1cscc1-c1nc2c(C(=O)O)cccc2[nH]1. The third kappa shape index (κ3) is 1.60. The van der Waals surface area contributed by atoms with Crippen molar-refractivity contribution in [3.63, 3.8) is 0 Å². The normalized spacial score (nSPS) is 10.9. The average molecular weight is 258 g/mol. The Morgan fingerprint density at radius 2 is 2.22 bits per heavy atom. The Hall–Kier alpha value is -2.14. The van der Waals surface area contributed by atoms with Gasteiger partial charge in [-0.3, -0.25) is 0 Å². The summed E-state index contributed by atoms with van der Waals surface area (Å²) in [7, 11) is 0. The summed E-state index contributed by atoms with van der Waals surface area (Å²) in [6.07, 6.45) is 0. The van der Waals surface area contributed by atoms with E-state index in [1.54, 1.807) is 23.5 Å². The molecule has 0 bridgehead atoms. The number of carbonyl (C=O) groups is 1. The molecule has 0 amide bonds. The summed E-state index contributed by atoms with van der Waals surface area (Å²) in [5.74, 6) is -0.238. The van der Waals surface area contributed by atoms with Crippen LogP contribution in [0.4, 0.5) is 0 Å². The number of H-pyrrole nitrogens is 1. The minimum absolute atomic E-state index is 0.225. The van der Waals surface area contributed by atoms with Crippen molar-refractivity contribution in [2.75, 3.05) is 0 Å². The number of hydrogen-bond donors (Lipinski definition) is 2. The van der Waals surface area contributed by atoms with Crippen LogP contribution in [-0.2, 0) is 0 Å². The number of nitrogens with one attached hydrogen (secondary N) is 1. The lowest BCUT2D eigenvalue weighted by atomic mass is 10.2. The zero-order valence-electron chi connectivity index (χ0n) is 9.60. The van der Waals surface area contributed by atoms with Gasteiger partial charge in [-0.25, -0.2) is 9.78 Å². The fourth-order valence-electron chi connectivity index (χ4n) is 1.94. The molecule has 1 aromatic carbocycles. The van der Waals surface area contributed by atoms with Crippen molar-refractivity contribution in [3.05, 3.63) is 40.1 Å². The molecule has 3 aromatic rings. The van der Waals surface area contributed by atoms with Crippen molar-refractivity contribution >= 4 is 28.3 Å². The molecule has 90 valence electrons. The molecule has 0 saturated heterocycles. The van der Waals surface area contributed by atoms with Crippen LogP contribution in [0.2, 0.25) is 0 Å². The highest BCUT2D eigenvalue weighted by atomic mass is 32.1. The van der Waals surface area contributed by atoms with E-state index in [1.165, 1.54) is 0 Å². The number of aromatic carboxylic acids is 1. The van der Waals surface area contributed by atoms with Crippen molar-refractivity contribution < 1.29 is 9.90 Å². The van der Waals surface area contributed by atoms with Crippen molar-refractivity contribution in [3.8, 4) is 11.4 Å². The maximum absolute atomic E-state index is 11.1. The van der Waals surface area contributed by atoms with Gasteiger partial charge in [0.1, 0.15) is 11.3 Å². The average Bonchev–Trinajstić information content (AvgIpc) is 2.92. The van der Waals surface area contributed by atoms with Crippen molar-refractivity contribution in [1.29, 1.82) is 0 Å². The van der Waals surface area contributed by atoms with Gasteiger partial charge in [-0.2, -0.15) is 11.3 Å². The number of carboxylic acid groups (broad SMARTS) is 1. The predicted octanol–water partition coefficient (Wildman–Crippen LogP) is 3.30. The molecule has 2 heterocycles. The summed E-state index contributed by atoms with van der Waals surface area (Å²) in [5.41, 5.74) is 3.63. The van der Waals surface area contributed by atoms with E-state index in [2.05, 4.69) is 9.97 Å². The van der Waals surface area contributed by atoms with Gasteiger partial charge in [-0.15, -0.1) is 0 Å². The Morgan fingerprint density at radius 1 is 1.39 bits per heavy atom. The number of fused-ring (bicyclic) bond motifs is 1. The second-order valence-electron chi connectivity index (χ2n) is 4.06. The smallest absolute Gasteiger partial charge is 0.337 e. The fraction of sp³-hybridized carbons (Fsp3) is 0.0769. The molecule has 0 radical (unpaired) electrons.